The quantitative estimate of drug-likeness (QED) is 0.580. The third-order valence-corrected chi connectivity index (χ3v) is 5.91. The standard InChI is InChI=1S/C19H17Cl2N3O2S/c20-14-3-4-15(16(21)9-14)19(25)24-6-1-2-12(10-24)8-17-22-18(23-26-17)13-5-7-27-11-13/h3-5,7,9,11-12H,1-2,6,8,10H2. The van der Waals surface area contributed by atoms with Crippen LogP contribution in [0.25, 0.3) is 11.4 Å². The molecule has 0 radical (unpaired) electrons. The zero-order valence-corrected chi connectivity index (χ0v) is 16.7. The number of aromatic nitrogens is 2. The van der Waals surface area contributed by atoms with Gasteiger partial charge in [0.1, 0.15) is 0 Å². The van der Waals surface area contributed by atoms with Crippen molar-refractivity contribution in [3.63, 3.8) is 0 Å². The molecule has 140 valence electrons. The van der Waals surface area contributed by atoms with Gasteiger partial charge in [-0.05, 0) is 48.4 Å². The number of rotatable bonds is 4. The maximum atomic E-state index is 12.8. The second kappa shape index (κ2) is 8.00. The van der Waals surface area contributed by atoms with E-state index in [2.05, 4.69) is 10.1 Å². The van der Waals surface area contributed by atoms with Gasteiger partial charge in [0.15, 0.2) is 0 Å². The molecule has 3 aromatic rings. The van der Waals surface area contributed by atoms with Crippen molar-refractivity contribution in [2.45, 2.75) is 19.3 Å². The summed E-state index contributed by atoms with van der Waals surface area (Å²) >= 11 is 13.7. The van der Waals surface area contributed by atoms with Gasteiger partial charge in [0.25, 0.3) is 5.91 Å². The summed E-state index contributed by atoms with van der Waals surface area (Å²) in [6, 6.07) is 6.94. The molecule has 1 fully saturated rings. The summed E-state index contributed by atoms with van der Waals surface area (Å²) in [5, 5.41) is 8.93. The molecule has 27 heavy (non-hydrogen) atoms. The Morgan fingerprint density at radius 2 is 2.22 bits per heavy atom. The third-order valence-electron chi connectivity index (χ3n) is 4.68. The Bertz CT molecular complexity index is 942. The van der Waals surface area contributed by atoms with Crippen LogP contribution in [-0.2, 0) is 6.42 Å². The van der Waals surface area contributed by atoms with E-state index in [1.165, 1.54) is 0 Å². The molecule has 8 heteroatoms. The van der Waals surface area contributed by atoms with E-state index in [0.717, 1.165) is 24.9 Å². The van der Waals surface area contributed by atoms with Gasteiger partial charge in [0.2, 0.25) is 11.7 Å². The lowest BCUT2D eigenvalue weighted by molar-refractivity contribution is 0.0668. The van der Waals surface area contributed by atoms with Crippen LogP contribution in [0.5, 0.6) is 0 Å². The van der Waals surface area contributed by atoms with Crippen LogP contribution in [0.1, 0.15) is 29.1 Å². The predicted octanol–water partition coefficient (Wildman–Crippen LogP) is 5.20. The van der Waals surface area contributed by atoms with Crippen molar-refractivity contribution in [1.82, 2.24) is 15.0 Å². The number of hydrogen-bond donors (Lipinski definition) is 0. The van der Waals surface area contributed by atoms with Gasteiger partial charge >= 0.3 is 0 Å². The summed E-state index contributed by atoms with van der Waals surface area (Å²) in [6.07, 6.45) is 2.62. The highest BCUT2D eigenvalue weighted by Crippen LogP contribution is 2.27. The van der Waals surface area contributed by atoms with Crippen molar-refractivity contribution in [2.24, 2.45) is 5.92 Å². The second-order valence-electron chi connectivity index (χ2n) is 6.61. The number of halogens is 2. The largest absolute Gasteiger partial charge is 0.339 e. The molecule has 1 aliphatic heterocycles. The fourth-order valence-electron chi connectivity index (χ4n) is 3.34. The fraction of sp³-hybridized carbons (Fsp3) is 0.316. The molecule has 1 aromatic carbocycles. The molecule has 0 saturated carbocycles. The molecular formula is C19H17Cl2N3O2S. The monoisotopic (exact) mass is 421 g/mol. The van der Waals surface area contributed by atoms with Gasteiger partial charge < -0.3 is 9.42 Å². The minimum atomic E-state index is -0.0640. The number of amides is 1. The molecule has 5 nitrogen and oxygen atoms in total. The van der Waals surface area contributed by atoms with E-state index in [-0.39, 0.29) is 11.8 Å². The van der Waals surface area contributed by atoms with E-state index >= 15 is 0 Å². The molecule has 4 rings (SSSR count). The topological polar surface area (TPSA) is 59.2 Å². The number of nitrogens with zero attached hydrogens (tertiary/aromatic N) is 3. The van der Waals surface area contributed by atoms with Gasteiger partial charge in [-0.1, -0.05) is 28.4 Å². The van der Waals surface area contributed by atoms with Crippen LogP contribution in [0, 0.1) is 5.92 Å². The first kappa shape index (κ1) is 18.5. The van der Waals surface area contributed by atoms with Gasteiger partial charge in [0, 0.05) is 35.5 Å². The first-order valence-corrected chi connectivity index (χ1v) is 10.4. The highest BCUT2D eigenvalue weighted by atomic mass is 35.5. The molecule has 0 bridgehead atoms. The van der Waals surface area contributed by atoms with E-state index in [1.54, 1.807) is 29.5 Å². The van der Waals surface area contributed by atoms with Crippen molar-refractivity contribution >= 4 is 40.4 Å². The van der Waals surface area contributed by atoms with Crippen LogP contribution in [0.2, 0.25) is 10.0 Å². The van der Waals surface area contributed by atoms with Gasteiger partial charge in [0.05, 0.1) is 10.6 Å². The molecular weight excluding hydrogens is 405 g/mol. The van der Waals surface area contributed by atoms with E-state index < -0.39 is 0 Å². The first-order valence-electron chi connectivity index (χ1n) is 8.69. The normalized spacial score (nSPS) is 17.3. The number of hydrogen-bond acceptors (Lipinski definition) is 5. The van der Waals surface area contributed by atoms with Crippen LogP contribution in [0.3, 0.4) is 0 Å². The minimum Gasteiger partial charge on any atom is -0.339 e. The molecule has 0 aliphatic carbocycles. The zero-order chi connectivity index (χ0) is 18.8. The molecule has 1 amide bonds. The predicted molar refractivity (Wildman–Crippen MR) is 106 cm³/mol. The maximum Gasteiger partial charge on any atom is 0.255 e. The van der Waals surface area contributed by atoms with Gasteiger partial charge in [-0.3, -0.25) is 4.79 Å². The van der Waals surface area contributed by atoms with E-state index in [9.17, 15) is 4.79 Å². The molecule has 0 spiro atoms. The molecule has 1 atom stereocenters. The maximum absolute atomic E-state index is 12.8. The van der Waals surface area contributed by atoms with Crippen LogP contribution in [-0.4, -0.2) is 34.0 Å². The van der Waals surface area contributed by atoms with Crippen LogP contribution in [0.4, 0.5) is 0 Å². The number of likely N-dealkylation sites (tertiary alicyclic amines) is 1. The molecule has 1 saturated heterocycles. The number of thiophene rings is 1. The summed E-state index contributed by atoms with van der Waals surface area (Å²) in [4.78, 5) is 19.2. The van der Waals surface area contributed by atoms with E-state index in [1.807, 2.05) is 21.7 Å². The number of benzene rings is 1. The van der Waals surface area contributed by atoms with Crippen molar-refractivity contribution < 1.29 is 9.32 Å². The SMILES string of the molecule is O=C(c1ccc(Cl)cc1Cl)N1CCCC(Cc2nc(-c3ccsc3)no2)C1. The lowest BCUT2D eigenvalue weighted by Gasteiger charge is -2.32. The lowest BCUT2D eigenvalue weighted by atomic mass is 9.94. The van der Waals surface area contributed by atoms with Crippen molar-refractivity contribution in [1.29, 1.82) is 0 Å². The molecule has 3 heterocycles. The van der Waals surface area contributed by atoms with Gasteiger partial charge in [-0.25, -0.2) is 0 Å². The fourth-order valence-corrected chi connectivity index (χ4v) is 4.47. The Balaban J connectivity index is 1.43. The van der Waals surface area contributed by atoms with Crippen LogP contribution in [0.15, 0.2) is 39.5 Å². The van der Waals surface area contributed by atoms with Crippen LogP contribution >= 0.6 is 34.5 Å². The summed E-state index contributed by atoms with van der Waals surface area (Å²) in [7, 11) is 0. The highest BCUT2D eigenvalue weighted by molar-refractivity contribution is 7.08. The molecule has 2 aromatic heterocycles. The Kier molecular flexibility index (Phi) is 5.48. The van der Waals surface area contributed by atoms with Crippen molar-refractivity contribution in [2.75, 3.05) is 13.1 Å². The smallest absolute Gasteiger partial charge is 0.255 e. The molecule has 1 aliphatic rings. The minimum absolute atomic E-state index is 0.0640. The Hall–Kier alpha value is -1.89. The average molecular weight is 422 g/mol. The summed E-state index contributed by atoms with van der Waals surface area (Å²) in [5.74, 6) is 1.44. The first-order chi connectivity index (χ1) is 13.1. The number of piperidine rings is 1. The second-order valence-corrected chi connectivity index (χ2v) is 8.24. The van der Waals surface area contributed by atoms with Crippen LogP contribution < -0.4 is 0 Å². The average Bonchev–Trinajstić information content (AvgIpc) is 3.33. The summed E-state index contributed by atoms with van der Waals surface area (Å²) in [5.41, 5.74) is 1.45. The third kappa shape index (κ3) is 4.18. The zero-order valence-electron chi connectivity index (χ0n) is 14.4. The summed E-state index contributed by atoms with van der Waals surface area (Å²) in [6.45, 7) is 1.37. The van der Waals surface area contributed by atoms with Crippen molar-refractivity contribution in [3.8, 4) is 11.4 Å². The Morgan fingerprint density at radius 3 is 3.00 bits per heavy atom. The highest BCUT2D eigenvalue weighted by Gasteiger charge is 2.27. The summed E-state index contributed by atoms with van der Waals surface area (Å²) < 4.78 is 5.41. The van der Waals surface area contributed by atoms with Crippen molar-refractivity contribution in [3.05, 3.63) is 56.5 Å². The lowest BCUT2D eigenvalue weighted by Crippen LogP contribution is -2.40. The number of carbonyl (C=O) groups is 1. The number of carbonyl (C=O) groups excluding carboxylic acids is 1. The molecule has 1 unspecified atom stereocenters. The molecule has 0 N–H and O–H groups in total. The van der Waals surface area contributed by atoms with Gasteiger partial charge in [-0.2, -0.15) is 16.3 Å². The van der Waals surface area contributed by atoms with E-state index in [4.69, 9.17) is 27.7 Å². The van der Waals surface area contributed by atoms with E-state index in [0.29, 0.717) is 40.3 Å². The van der Waals surface area contributed by atoms with Gasteiger partial charge in [-0.15, -0.1) is 0 Å². The Morgan fingerprint density at radius 1 is 1.33 bits per heavy atom. The Labute approximate surface area is 170 Å².